The van der Waals surface area contributed by atoms with Gasteiger partial charge in [-0.3, -0.25) is 4.90 Å². The molecule has 82 valence electrons. The number of β-amino-alcohol motifs (C(OH)–C–C–N with tert-alkyl or cyclic N) is 1. The van der Waals surface area contributed by atoms with E-state index in [0.29, 0.717) is 12.6 Å². The van der Waals surface area contributed by atoms with Gasteiger partial charge in [-0.2, -0.15) is 0 Å². The molecule has 2 atom stereocenters. The van der Waals surface area contributed by atoms with E-state index < -0.39 is 0 Å². The third-order valence-electron chi connectivity index (χ3n) is 3.01. The first-order chi connectivity index (χ1) is 7.29. The molecule has 0 unspecified atom stereocenters. The van der Waals surface area contributed by atoms with Gasteiger partial charge in [-0.25, -0.2) is 0 Å². The molecule has 0 amide bonds. The average molecular weight is 206 g/mol. The minimum absolute atomic E-state index is 0.206. The Labute approximate surface area is 90.5 Å². The number of aliphatic hydroxyl groups excluding tert-OH is 1. The number of benzene rings is 1. The third-order valence-corrected chi connectivity index (χ3v) is 3.01. The van der Waals surface area contributed by atoms with Crippen molar-refractivity contribution in [1.29, 1.82) is 0 Å². The largest absolute Gasteiger partial charge is 0.392 e. The molecule has 3 heteroatoms. The Hall–Kier alpha value is -0.900. The summed E-state index contributed by atoms with van der Waals surface area (Å²) in [5.41, 5.74) is 6.97. The van der Waals surface area contributed by atoms with Crippen LogP contribution in [-0.2, 0) is 6.54 Å². The number of rotatable bonds is 3. The van der Waals surface area contributed by atoms with E-state index in [1.54, 1.807) is 0 Å². The van der Waals surface area contributed by atoms with Crippen molar-refractivity contribution in [1.82, 2.24) is 4.90 Å². The molecule has 0 aromatic heterocycles. The fourth-order valence-corrected chi connectivity index (χ4v) is 2.21. The van der Waals surface area contributed by atoms with E-state index >= 15 is 0 Å². The van der Waals surface area contributed by atoms with Gasteiger partial charge in [0.2, 0.25) is 0 Å². The van der Waals surface area contributed by atoms with Crippen molar-refractivity contribution in [2.45, 2.75) is 25.1 Å². The van der Waals surface area contributed by atoms with Crippen molar-refractivity contribution >= 4 is 0 Å². The smallest absolute Gasteiger partial charge is 0.0682 e. The number of nitrogens with two attached hydrogens (primary N) is 1. The topological polar surface area (TPSA) is 49.5 Å². The van der Waals surface area contributed by atoms with Crippen molar-refractivity contribution in [3.63, 3.8) is 0 Å². The van der Waals surface area contributed by atoms with Gasteiger partial charge in [0.1, 0.15) is 0 Å². The third kappa shape index (κ3) is 2.56. The SMILES string of the molecule is NC[C@H]1C[C@H](O)CN1Cc1ccccc1. The molecule has 3 nitrogen and oxygen atoms in total. The molecule has 1 heterocycles. The van der Waals surface area contributed by atoms with Crippen LogP contribution in [0.25, 0.3) is 0 Å². The van der Waals surface area contributed by atoms with E-state index in [1.165, 1.54) is 5.56 Å². The molecule has 0 saturated carbocycles. The quantitative estimate of drug-likeness (QED) is 0.760. The second kappa shape index (κ2) is 4.75. The number of hydrogen-bond donors (Lipinski definition) is 2. The summed E-state index contributed by atoms with van der Waals surface area (Å²) in [5.74, 6) is 0. The molecule has 1 aliphatic rings. The number of aliphatic hydroxyl groups is 1. The highest BCUT2D eigenvalue weighted by Gasteiger charge is 2.29. The van der Waals surface area contributed by atoms with Gasteiger partial charge >= 0.3 is 0 Å². The minimum atomic E-state index is -0.206. The van der Waals surface area contributed by atoms with Crippen LogP contribution in [0.15, 0.2) is 30.3 Å². The predicted octanol–water partition coefficient (Wildman–Crippen LogP) is 0.580. The van der Waals surface area contributed by atoms with Crippen LogP contribution in [0, 0.1) is 0 Å². The molecule has 15 heavy (non-hydrogen) atoms. The van der Waals surface area contributed by atoms with Gasteiger partial charge in [-0.1, -0.05) is 30.3 Å². The molecule has 1 saturated heterocycles. The maximum absolute atomic E-state index is 9.58. The van der Waals surface area contributed by atoms with Gasteiger partial charge in [-0.05, 0) is 12.0 Å². The first-order valence-corrected chi connectivity index (χ1v) is 5.45. The molecule has 0 radical (unpaired) electrons. The summed E-state index contributed by atoms with van der Waals surface area (Å²) in [7, 11) is 0. The zero-order valence-corrected chi connectivity index (χ0v) is 8.84. The summed E-state index contributed by atoms with van der Waals surface area (Å²) in [5, 5.41) is 9.58. The Morgan fingerprint density at radius 1 is 1.33 bits per heavy atom. The van der Waals surface area contributed by atoms with Gasteiger partial charge < -0.3 is 10.8 Å². The van der Waals surface area contributed by atoms with Gasteiger partial charge in [0, 0.05) is 25.7 Å². The van der Waals surface area contributed by atoms with Crippen molar-refractivity contribution in [3.05, 3.63) is 35.9 Å². The fourth-order valence-electron chi connectivity index (χ4n) is 2.21. The van der Waals surface area contributed by atoms with Crippen molar-refractivity contribution < 1.29 is 5.11 Å². The normalized spacial score (nSPS) is 27.1. The van der Waals surface area contributed by atoms with Crippen LogP contribution >= 0.6 is 0 Å². The highest BCUT2D eigenvalue weighted by Crippen LogP contribution is 2.19. The summed E-state index contributed by atoms with van der Waals surface area (Å²) < 4.78 is 0. The number of nitrogens with zero attached hydrogens (tertiary/aromatic N) is 1. The van der Waals surface area contributed by atoms with Gasteiger partial charge in [0.15, 0.2) is 0 Å². The highest BCUT2D eigenvalue weighted by molar-refractivity contribution is 5.15. The Kier molecular flexibility index (Phi) is 3.36. The second-order valence-electron chi connectivity index (χ2n) is 4.19. The van der Waals surface area contributed by atoms with Crippen LogP contribution in [0.2, 0.25) is 0 Å². The van der Waals surface area contributed by atoms with Crippen LogP contribution in [0.3, 0.4) is 0 Å². The molecule has 1 aromatic carbocycles. The Bertz CT molecular complexity index is 302. The van der Waals surface area contributed by atoms with Crippen molar-refractivity contribution in [2.75, 3.05) is 13.1 Å². The van der Waals surface area contributed by atoms with E-state index in [9.17, 15) is 5.11 Å². The lowest BCUT2D eigenvalue weighted by Gasteiger charge is -2.22. The fraction of sp³-hybridized carbons (Fsp3) is 0.500. The summed E-state index contributed by atoms with van der Waals surface area (Å²) >= 11 is 0. The van der Waals surface area contributed by atoms with Crippen molar-refractivity contribution in [3.8, 4) is 0 Å². The molecule has 1 aromatic rings. The lowest BCUT2D eigenvalue weighted by Crippen LogP contribution is -2.34. The maximum atomic E-state index is 9.58. The molecule has 2 rings (SSSR count). The van der Waals surface area contributed by atoms with Crippen LogP contribution in [0.4, 0.5) is 0 Å². The lowest BCUT2D eigenvalue weighted by atomic mass is 10.2. The van der Waals surface area contributed by atoms with E-state index in [-0.39, 0.29) is 6.10 Å². The Morgan fingerprint density at radius 2 is 2.07 bits per heavy atom. The van der Waals surface area contributed by atoms with Gasteiger partial charge in [0.05, 0.1) is 6.10 Å². The van der Waals surface area contributed by atoms with E-state index in [0.717, 1.165) is 19.5 Å². The molecule has 1 fully saturated rings. The molecule has 1 aliphatic heterocycles. The first kappa shape index (κ1) is 10.6. The first-order valence-electron chi connectivity index (χ1n) is 5.45. The Morgan fingerprint density at radius 3 is 2.73 bits per heavy atom. The molecular weight excluding hydrogens is 188 g/mol. The van der Waals surface area contributed by atoms with Crippen LogP contribution in [0.5, 0.6) is 0 Å². The second-order valence-corrected chi connectivity index (χ2v) is 4.19. The van der Waals surface area contributed by atoms with E-state index in [1.807, 2.05) is 18.2 Å². The average Bonchev–Trinajstić information content (AvgIpc) is 2.60. The summed E-state index contributed by atoms with van der Waals surface area (Å²) in [6, 6.07) is 10.7. The summed E-state index contributed by atoms with van der Waals surface area (Å²) in [6.45, 7) is 2.26. The van der Waals surface area contributed by atoms with E-state index in [4.69, 9.17) is 5.73 Å². The zero-order chi connectivity index (χ0) is 10.7. The van der Waals surface area contributed by atoms with E-state index in [2.05, 4.69) is 17.0 Å². The summed E-state index contributed by atoms with van der Waals surface area (Å²) in [6.07, 6.45) is 0.603. The zero-order valence-electron chi connectivity index (χ0n) is 8.84. The van der Waals surface area contributed by atoms with Crippen LogP contribution < -0.4 is 5.73 Å². The number of hydrogen-bond acceptors (Lipinski definition) is 3. The molecule has 0 aliphatic carbocycles. The monoisotopic (exact) mass is 206 g/mol. The Balaban J connectivity index is 2.00. The summed E-state index contributed by atoms with van der Waals surface area (Å²) in [4.78, 5) is 2.26. The number of likely N-dealkylation sites (tertiary alicyclic amines) is 1. The minimum Gasteiger partial charge on any atom is -0.392 e. The van der Waals surface area contributed by atoms with Crippen molar-refractivity contribution in [2.24, 2.45) is 5.73 Å². The lowest BCUT2D eigenvalue weighted by molar-refractivity contribution is 0.173. The molecule has 0 bridgehead atoms. The molecule has 3 N–H and O–H groups in total. The maximum Gasteiger partial charge on any atom is 0.0682 e. The predicted molar refractivity (Wildman–Crippen MR) is 60.3 cm³/mol. The van der Waals surface area contributed by atoms with Gasteiger partial charge in [-0.15, -0.1) is 0 Å². The highest BCUT2D eigenvalue weighted by atomic mass is 16.3. The van der Waals surface area contributed by atoms with Crippen LogP contribution in [0.1, 0.15) is 12.0 Å². The standard InChI is InChI=1S/C12H18N2O/c13-7-11-6-12(15)9-14(11)8-10-4-2-1-3-5-10/h1-5,11-12,15H,6-9,13H2/t11-,12+/m1/s1. The van der Waals surface area contributed by atoms with Crippen LogP contribution in [-0.4, -0.2) is 35.2 Å². The molecule has 0 spiro atoms. The molecular formula is C12H18N2O. The van der Waals surface area contributed by atoms with Gasteiger partial charge in [0.25, 0.3) is 0 Å².